The minimum absolute atomic E-state index is 0.107. The molecule has 0 spiro atoms. The second-order valence-corrected chi connectivity index (χ2v) is 12.4. The van der Waals surface area contributed by atoms with E-state index < -0.39 is 24.8 Å². The Morgan fingerprint density at radius 3 is 1.57 bits per heavy atom. The van der Waals surface area contributed by atoms with Crippen LogP contribution in [0.4, 0.5) is 0 Å². The Labute approximate surface area is 281 Å². The number of allylic oxidation sites excluding steroid dienone is 6. The lowest BCUT2D eigenvalue weighted by atomic mass is 10.0. The molecule has 0 rings (SSSR count). The summed E-state index contributed by atoms with van der Waals surface area (Å²) in [4.78, 5) is 24.2. The Kier molecular flexibility index (Phi) is 32.5. The fourth-order valence-electron chi connectivity index (χ4n) is 4.94. The van der Waals surface area contributed by atoms with Crippen molar-refractivity contribution in [3.63, 3.8) is 0 Å². The minimum atomic E-state index is -0.876. The number of rotatable bonds is 32. The van der Waals surface area contributed by atoms with E-state index in [1.54, 1.807) is 12.2 Å². The summed E-state index contributed by atoms with van der Waals surface area (Å²) >= 11 is 0. The van der Waals surface area contributed by atoms with Crippen molar-refractivity contribution in [2.75, 3.05) is 13.2 Å². The topological polar surface area (TPSA) is 113 Å². The monoisotopic (exact) mass is 648 g/mol. The summed E-state index contributed by atoms with van der Waals surface area (Å²) in [7, 11) is 0. The van der Waals surface area contributed by atoms with Gasteiger partial charge in [-0.15, -0.1) is 0 Å². The van der Waals surface area contributed by atoms with Crippen LogP contribution >= 0.6 is 0 Å². The fraction of sp³-hybridized carbons (Fsp3) is 0.744. The van der Waals surface area contributed by atoms with Crippen molar-refractivity contribution >= 4 is 11.9 Å². The lowest BCUT2D eigenvalue weighted by Gasteiger charge is -2.16. The molecule has 0 saturated heterocycles. The number of hydrogen-bond donors (Lipinski definition) is 3. The van der Waals surface area contributed by atoms with Crippen LogP contribution in [-0.2, 0) is 19.1 Å². The number of carbonyl (C=O) groups is 2. The molecule has 0 bridgehead atoms. The molecule has 0 aromatic heterocycles. The van der Waals surface area contributed by atoms with Crippen molar-refractivity contribution in [2.45, 2.75) is 173 Å². The van der Waals surface area contributed by atoms with Gasteiger partial charge in [0.15, 0.2) is 6.10 Å². The Bertz CT molecular complexity index is 817. The van der Waals surface area contributed by atoms with Crippen LogP contribution in [0.3, 0.4) is 0 Å². The first kappa shape index (κ1) is 43.8. The summed E-state index contributed by atoms with van der Waals surface area (Å²) in [6.45, 7) is 3.83. The average molecular weight is 649 g/mol. The quantitative estimate of drug-likeness (QED) is 0.0379. The Balaban J connectivity index is 3.85. The zero-order valence-corrected chi connectivity index (χ0v) is 29.3. The number of aliphatic hydroxyl groups excluding tert-OH is 3. The highest BCUT2D eigenvalue weighted by atomic mass is 16.6. The van der Waals surface area contributed by atoms with E-state index in [2.05, 4.69) is 13.8 Å². The zero-order chi connectivity index (χ0) is 33.9. The van der Waals surface area contributed by atoms with Crippen molar-refractivity contribution in [3.8, 4) is 0 Å². The molecule has 0 heterocycles. The number of aliphatic hydroxyl groups is 3. The number of esters is 2. The van der Waals surface area contributed by atoms with Gasteiger partial charge in [-0.05, 0) is 32.1 Å². The van der Waals surface area contributed by atoms with E-state index in [1.807, 2.05) is 36.5 Å². The van der Waals surface area contributed by atoms with Crippen molar-refractivity contribution in [1.29, 1.82) is 0 Å². The summed E-state index contributed by atoms with van der Waals surface area (Å²) < 4.78 is 10.5. The molecule has 266 valence electrons. The van der Waals surface area contributed by atoms with Gasteiger partial charge in [0.05, 0.1) is 18.8 Å². The van der Waals surface area contributed by atoms with Gasteiger partial charge in [0.25, 0.3) is 0 Å². The predicted octanol–water partition coefficient (Wildman–Crippen LogP) is 9.00. The molecule has 0 aliphatic rings. The van der Waals surface area contributed by atoms with Crippen LogP contribution in [0.25, 0.3) is 0 Å². The van der Waals surface area contributed by atoms with Gasteiger partial charge in [0, 0.05) is 12.8 Å². The highest BCUT2D eigenvalue weighted by Gasteiger charge is 2.16. The molecule has 0 amide bonds. The van der Waals surface area contributed by atoms with E-state index >= 15 is 0 Å². The number of hydrogen-bond acceptors (Lipinski definition) is 7. The van der Waals surface area contributed by atoms with Gasteiger partial charge < -0.3 is 24.8 Å². The first-order valence-electron chi connectivity index (χ1n) is 18.4. The SMILES string of the molecule is CCCCCCCCCCCCCCCC(=O)OC[C@H](CO)OC(=O)CCC[C@H](O)/C=C/C=C\C/C=C\C=C\[C@H](O)CCCCC. The molecular formula is C39H68O7. The molecule has 0 fully saturated rings. The molecule has 3 N–H and O–H groups in total. The second kappa shape index (κ2) is 34.1. The van der Waals surface area contributed by atoms with E-state index in [-0.39, 0.29) is 25.1 Å². The molecule has 3 atom stereocenters. The molecule has 0 aromatic rings. The molecule has 0 aliphatic carbocycles. The fourth-order valence-corrected chi connectivity index (χ4v) is 4.94. The third-order valence-corrected chi connectivity index (χ3v) is 7.83. The Morgan fingerprint density at radius 2 is 1.04 bits per heavy atom. The smallest absolute Gasteiger partial charge is 0.306 e. The van der Waals surface area contributed by atoms with E-state index in [0.29, 0.717) is 19.3 Å². The van der Waals surface area contributed by atoms with Crippen molar-refractivity contribution < 1.29 is 34.4 Å². The molecule has 7 nitrogen and oxygen atoms in total. The van der Waals surface area contributed by atoms with Gasteiger partial charge in [-0.2, -0.15) is 0 Å². The highest BCUT2D eigenvalue weighted by molar-refractivity contribution is 5.70. The van der Waals surface area contributed by atoms with E-state index in [1.165, 1.54) is 64.2 Å². The molecule has 0 saturated carbocycles. The normalized spacial score (nSPS) is 14.1. The maximum Gasteiger partial charge on any atom is 0.306 e. The maximum absolute atomic E-state index is 12.1. The standard InChI is InChI=1S/C39H68O7/c1-3-5-7-8-9-10-11-12-13-14-18-21-25-31-38(43)45-34-37(33-40)46-39(44)32-26-30-36(42)29-24-20-17-15-16-19-23-28-35(41)27-22-6-4-2/h16-17,19-20,23-24,28-29,35-37,40-42H,3-15,18,21-22,25-27,30-34H2,1-2H3/b19-16-,20-17-,28-23+,29-24+/t35-,36-,37+/m1/s1. The maximum atomic E-state index is 12.1. The number of ether oxygens (including phenoxy) is 2. The van der Waals surface area contributed by atoms with Gasteiger partial charge in [0.2, 0.25) is 0 Å². The van der Waals surface area contributed by atoms with Crippen LogP contribution in [0.15, 0.2) is 48.6 Å². The van der Waals surface area contributed by atoms with Crippen molar-refractivity contribution in [3.05, 3.63) is 48.6 Å². The molecule has 7 heteroatoms. The van der Waals surface area contributed by atoms with Crippen LogP contribution in [0, 0.1) is 0 Å². The van der Waals surface area contributed by atoms with E-state index in [4.69, 9.17) is 9.47 Å². The van der Waals surface area contributed by atoms with Crippen LogP contribution in [0.1, 0.15) is 155 Å². The molecular weight excluding hydrogens is 580 g/mol. The van der Waals surface area contributed by atoms with Gasteiger partial charge in [-0.3, -0.25) is 9.59 Å². The number of carbonyl (C=O) groups excluding carboxylic acids is 2. The van der Waals surface area contributed by atoms with Crippen molar-refractivity contribution in [1.82, 2.24) is 0 Å². The van der Waals surface area contributed by atoms with Crippen molar-refractivity contribution in [2.24, 2.45) is 0 Å². The molecule has 0 unspecified atom stereocenters. The first-order valence-corrected chi connectivity index (χ1v) is 18.4. The zero-order valence-electron chi connectivity index (χ0n) is 29.3. The van der Waals surface area contributed by atoms with Gasteiger partial charge >= 0.3 is 11.9 Å². The highest BCUT2D eigenvalue weighted by Crippen LogP contribution is 2.13. The largest absolute Gasteiger partial charge is 0.462 e. The summed E-state index contributed by atoms with van der Waals surface area (Å²) in [6, 6.07) is 0. The third-order valence-electron chi connectivity index (χ3n) is 7.83. The third kappa shape index (κ3) is 31.7. The van der Waals surface area contributed by atoms with Crippen LogP contribution in [0.2, 0.25) is 0 Å². The van der Waals surface area contributed by atoms with Crippen LogP contribution < -0.4 is 0 Å². The van der Waals surface area contributed by atoms with Gasteiger partial charge in [-0.1, -0.05) is 159 Å². The van der Waals surface area contributed by atoms with Crippen LogP contribution in [0.5, 0.6) is 0 Å². The summed E-state index contributed by atoms with van der Waals surface area (Å²) in [6.07, 6.45) is 35.2. The lowest BCUT2D eigenvalue weighted by Crippen LogP contribution is -2.28. The molecule has 0 aromatic carbocycles. The predicted molar refractivity (Wildman–Crippen MR) is 189 cm³/mol. The van der Waals surface area contributed by atoms with E-state index in [0.717, 1.165) is 51.4 Å². The lowest BCUT2D eigenvalue weighted by molar-refractivity contribution is -0.161. The summed E-state index contributed by atoms with van der Waals surface area (Å²) in [5, 5.41) is 29.5. The summed E-state index contributed by atoms with van der Waals surface area (Å²) in [5.74, 6) is -0.820. The summed E-state index contributed by atoms with van der Waals surface area (Å²) in [5.41, 5.74) is 0. The first-order chi connectivity index (χ1) is 22.4. The minimum Gasteiger partial charge on any atom is -0.462 e. The molecule has 0 radical (unpaired) electrons. The van der Waals surface area contributed by atoms with Gasteiger partial charge in [-0.25, -0.2) is 0 Å². The Morgan fingerprint density at radius 1 is 0.587 bits per heavy atom. The van der Waals surface area contributed by atoms with Gasteiger partial charge in [0.1, 0.15) is 6.61 Å². The molecule has 0 aliphatic heterocycles. The molecule has 46 heavy (non-hydrogen) atoms. The average Bonchev–Trinajstić information content (AvgIpc) is 3.04. The van der Waals surface area contributed by atoms with E-state index in [9.17, 15) is 24.9 Å². The second-order valence-electron chi connectivity index (χ2n) is 12.4. The number of unbranched alkanes of at least 4 members (excludes halogenated alkanes) is 14. The Hall–Kier alpha value is -2.22. The van der Waals surface area contributed by atoms with Crippen LogP contribution in [-0.4, -0.2) is 58.8 Å².